The number of hydrogen-bond acceptors (Lipinski definition) is 1. The van der Waals surface area contributed by atoms with Gasteiger partial charge in [-0.1, -0.05) is 41.1 Å². The fourth-order valence-electron chi connectivity index (χ4n) is 2.14. The zero-order valence-electron chi connectivity index (χ0n) is 11.8. The van der Waals surface area contributed by atoms with Gasteiger partial charge in [0.05, 0.1) is 0 Å². The minimum atomic E-state index is 0.911. The van der Waals surface area contributed by atoms with Crippen LogP contribution in [0.2, 0.25) is 0 Å². The Kier molecular flexibility index (Phi) is 4.65. The molecule has 0 N–H and O–H groups in total. The zero-order valence-corrected chi connectivity index (χ0v) is 13.4. The molecule has 0 spiro atoms. The molecule has 0 aliphatic heterocycles. The Balaban J connectivity index is 2.27. The van der Waals surface area contributed by atoms with Crippen LogP contribution in [0.25, 0.3) is 0 Å². The molecule has 0 bridgehead atoms. The van der Waals surface area contributed by atoms with Crippen LogP contribution >= 0.6 is 15.9 Å². The lowest BCUT2D eigenvalue weighted by Gasteiger charge is -2.21. The largest absolute Gasteiger partial charge is 0.345 e. The van der Waals surface area contributed by atoms with Crippen LogP contribution in [0, 0.1) is 6.92 Å². The second kappa shape index (κ2) is 6.25. The molecule has 2 aromatic carbocycles. The van der Waals surface area contributed by atoms with Crippen LogP contribution in [0.4, 0.5) is 11.4 Å². The Morgan fingerprint density at radius 2 is 1.63 bits per heavy atom. The van der Waals surface area contributed by atoms with Crippen molar-refractivity contribution in [3.63, 3.8) is 0 Å². The van der Waals surface area contributed by atoms with Gasteiger partial charge < -0.3 is 4.90 Å². The summed E-state index contributed by atoms with van der Waals surface area (Å²) < 4.78 is 0. The van der Waals surface area contributed by atoms with Crippen molar-refractivity contribution in [1.82, 2.24) is 0 Å². The minimum absolute atomic E-state index is 0.911. The Morgan fingerprint density at radius 1 is 1.00 bits per heavy atom. The summed E-state index contributed by atoms with van der Waals surface area (Å²) in [5, 5.41) is 0.911. The van der Waals surface area contributed by atoms with Gasteiger partial charge in [-0.3, -0.25) is 0 Å². The quantitative estimate of drug-likeness (QED) is 0.699. The first-order valence-electron chi connectivity index (χ1n) is 6.64. The van der Waals surface area contributed by atoms with Crippen molar-refractivity contribution < 1.29 is 0 Å². The zero-order chi connectivity index (χ0) is 13.8. The topological polar surface area (TPSA) is 3.24 Å². The summed E-state index contributed by atoms with van der Waals surface area (Å²) in [4.78, 5) is 2.23. The van der Waals surface area contributed by atoms with Gasteiger partial charge in [0.1, 0.15) is 0 Å². The van der Waals surface area contributed by atoms with E-state index in [1.807, 2.05) is 0 Å². The maximum absolute atomic E-state index is 3.52. The number of alkyl halides is 1. The Hall–Kier alpha value is -1.28. The van der Waals surface area contributed by atoms with Crippen LogP contribution in [-0.2, 0) is 11.8 Å². The molecule has 2 heteroatoms. The lowest BCUT2D eigenvalue weighted by atomic mass is 10.1. The van der Waals surface area contributed by atoms with Gasteiger partial charge in [-0.15, -0.1) is 0 Å². The predicted molar refractivity (Wildman–Crippen MR) is 87.7 cm³/mol. The number of benzene rings is 2. The van der Waals surface area contributed by atoms with Crippen LogP contribution in [0.5, 0.6) is 0 Å². The molecule has 0 aliphatic carbocycles. The predicted octanol–water partition coefficient (Wildman–Crippen LogP) is 5.22. The molecule has 1 nitrogen and oxygen atoms in total. The van der Waals surface area contributed by atoms with Crippen molar-refractivity contribution in [3.05, 3.63) is 59.2 Å². The molecular formula is C17H20BrN. The smallest absolute Gasteiger partial charge is 0.0410 e. The highest BCUT2D eigenvalue weighted by Gasteiger charge is 2.05. The number of aryl methyl sites for hydroxylation is 2. The molecule has 0 aromatic heterocycles. The van der Waals surface area contributed by atoms with E-state index in [-0.39, 0.29) is 0 Å². The van der Waals surface area contributed by atoms with Gasteiger partial charge in [0.2, 0.25) is 0 Å². The maximum atomic E-state index is 3.52. The van der Waals surface area contributed by atoms with Crippen LogP contribution in [-0.4, -0.2) is 7.05 Å². The van der Waals surface area contributed by atoms with E-state index in [9.17, 15) is 0 Å². The molecule has 0 unspecified atom stereocenters. The number of halogens is 1. The van der Waals surface area contributed by atoms with Crippen LogP contribution in [0.3, 0.4) is 0 Å². The van der Waals surface area contributed by atoms with Gasteiger partial charge in [0.15, 0.2) is 0 Å². The summed E-state index contributed by atoms with van der Waals surface area (Å²) >= 11 is 3.52. The van der Waals surface area contributed by atoms with Crippen molar-refractivity contribution in [1.29, 1.82) is 0 Å². The third kappa shape index (κ3) is 3.19. The molecule has 2 aromatic rings. The first-order valence-corrected chi connectivity index (χ1v) is 7.76. The second-order valence-corrected chi connectivity index (χ2v) is 5.38. The van der Waals surface area contributed by atoms with Crippen molar-refractivity contribution in [2.24, 2.45) is 0 Å². The van der Waals surface area contributed by atoms with E-state index < -0.39 is 0 Å². The van der Waals surface area contributed by atoms with Crippen molar-refractivity contribution in [2.75, 3.05) is 11.9 Å². The third-order valence-corrected chi connectivity index (χ3v) is 4.19. The van der Waals surface area contributed by atoms with E-state index in [0.29, 0.717) is 0 Å². The van der Waals surface area contributed by atoms with Crippen molar-refractivity contribution in [2.45, 2.75) is 25.6 Å². The Morgan fingerprint density at radius 3 is 2.16 bits per heavy atom. The third-order valence-electron chi connectivity index (χ3n) is 3.59. The number of hydrogen-bond donors (Lipinski definition) is 0. The molecule has 0 heterocycles. The standard InChI is InChI=1S/C17H20BrN/c1-4-14-5-8-16(9-6-14)19(3)17-10-7-15(12-18)13(2)11-17/h5-11H,4,12H2,1-3H3. The first kappa shape index (κ1) is 14.1. The molecule has 0 aliphatic rings. The molecule has 19 heavy (non-hydrogen) atoms. The fourth-order valence-corrected chi connectivity index (χ4v) is 2.77. The average Bonchev–Trinajstić information content (AvgIpc) is 2.46. The molecule has 0 amide bonds. The highest BCUT2D eigenvalue weighted by Crippen LogP contribution is 2.26. The van der Waals surface area contributed by atoms with E-state index in [2.05, 4.69) is 84.2 Å². The molecule has 0 saturated carbocycles. The second-order valence-electron chi connectivity index (χ2n) is 4.82. The van der Waals surface area contributed by atoms with Gasteiger partial charge in [-0.2, -0.15) is 0 Å². The van der Waals surface area contributed by atoms with E-state index in [1.54, 1.807) is 0 Å². The minimum Gasteiger partial charge on any atom is -0.345 e. The lowest BCUT2D eigenvalue weighted by molar-refractivity contribution is 1.13. The maximum Gasteiger partial charge on any atom is 0.0410 e. The van der Waals surface area contributed by atoms with Crippen LogP contribution in [0.15, 0.2) is 42.5 Å². The number of rotatable bonds is 4. The van der Waals surface area contributed by atoms with Gasteiger partial charge in [0.25, 0.3) is 0 Å². The molecule has 0 fully saturated rings. The summed E-state index contributed by atoms with van der Waals surface area (Å²) in [7, 11) is 2.11. The summed E-state index contributed by atoms with van der Waals surface area (Å²) in [6.07, 6.45) is 1.09. The monoisotopic (exact) mass is 317 g/mol. The van der Waals surface area contributed by atoms with Gasteiger partial charge in [-0.05, 0) is 54.3 Å². The Bertz CT molecular complexity index is 546. The average molecular weight is 318 g/mol. The fraction of sp³-hybridized carbons (Fsp3) is 0.294. The van der Waals surface area contributed by atoms with E-state index in [0.717, 1.165) is 11.8 Å². The van der Waals surface area contributed by atoms with Crippen molar-refractivity contribution in [3.8, 4) is 0 Å². The molecule has 0 atom stereocenters. The first-order chi connectivity index (χ1) is 9.15. The normalized spacial score (nSPS) is 10.5. The van der Waals surface area contributed by atoms with E-state index in [4.69, 9.17) is 0 Å². The molecule has 0 saturated heterocycles. The van der Waals surface area contributed by atoms with Crippen LogP contribution < -0.4 is 4.90 Å². The number of nitrogens with zero attached hydrogens (tertiary/aromatic N) is 1. The summed E-state index contributed by atoms with van der Waals surface area (Å²) in [6, 6.07) is 15.4. The lowest BCUT2D eigenvalue weighted by Crippen LogP contribution is -2.09. The number of anilines is 2. The molecular weight excluding hydrogens is 298 g/mol. The van der Waals surface area contributed by atoms with Gasteiger partial charge in [0, 0.05) is 23.8 Å². The van der Waals surface area contributed by atoms with Crippen LogP contribution in [0.1, 0.15) is 23.6 Å². The van der Waals surface area contributed by atoms with Gasteiger partial charge in [-0.25, -0.2) is 0 Å². The SMILES string of the molecule is CCc1ccc(N(C)c2ccc(CBr)c(C)c2)cc1. The van der Waals surface area contributed by atoms with E-state index >= 15 is 0 Å². The molecule has 2 rings (SSSR count). The summed E-state index contributed by atoms with van der Waals surface area (Å²) in [5.74, 6) is 0. The summed E-state index contributed by atoms with van der Waals surface area (Å²) in [5.41, 5.74) is 6.50. The van der Waals surface area contributed by atoms with Gasteiger partial charge >= 0.3 is 0 Å². The molecule has 100 valence electrons. The Labute approximate surface area is 124 Å². The molecule has 0 radical (unpaired) electrons. The summed E-state index contributed by atoms with van der Waals surface area (Å²) in [6.45, 7) is 4.34. The van der Waals surface area contributed by atoms with E-state index in [1.165, 1.54) is 28.1 Å². The van der Waals surface area contributed by atoms with Crippen molar-refractivity contribution >= 4 is 27.3 Å². The highest BCUT2D eigenvalue weighted by atomic mass is 79.9. The highest BCUT2D eigenvalue weighted by molar-refractivity contribution is 9.08.